The van der Waals surface area contributed by atoms with Crippen LogP contribution in [0.15, 0.2) is 12.1 Å². The highest BCUT2D eigenvalue weighted by Crippen LogP contribution is 2.44. The van der Waals surface area contributed by atoms with Crippen LogP contribution in [0.3, 0.4) is 0 Å². The Morgan fingerprint density at radius 1 is 0.857 bits per heavy atom. The van der Waals surface area contributed by atoms with Crippen molar-refractivity contribution in [3.8, 4) is 5.75 Å². The molecule has 6 heteroatoms. The minimum Gasteiger partial charge on any atom is -0.485 e. The molecule has 0 N–H and O–H groups in total. The van der Waals surface area contributed by atoms with E-state index in [-0.39, 0.29) is 18.8 Å². The smallest absolute Gasteiger partial charge is 0.190 e. The van der Waals surface area contributed by atoms with Gasteiger partial charge in [0.05, 0.1) is 0 Å². The van der Waals surface area contributed by atoms with Gasteiger partial charge in [0.2, 0.25) is 0 Å². The molecule has 1 aromatic carbocycles. The Bertz CT molecular complexity index is 721. The second kappa shape index (κ2) is 14.6. The van der Waals surface area contributed by atoms with Gasteiger partial charge in [-0.2, -0.15) is 0 Å². The molecule has 1 saturated carbocycles. The summed E-state index contributed by atoms with van der Waals surface area (Å²) >= 11 is 0. The molecule has 0 spiro atoms. The van der Waals surface area contributed by atoms with Gasteiger partial charge in [-0.1, -0.05) is 70.5 Å². The number of hydrogen-bond donors (Lipinski definition) is 0. The standard InChI is InChI=1S/C29H46F4OSi/c1-3-5-6-14-35-15-12-23(13-16-35)21-8-10-22(11-9-21)24-17-27(32)29(28(33)18-24)34-20-26(31)19-25(30)7-4-2/h17-18,21-23,25-26,35H,3-16,19-20H2,1-2H3/t21?,22?,23?,25-,26-,35?/m0/s1. The Balaban J connectivity index is 1.45. The van der Waals surface area contributed by atoms with E-state index in [1.165, 1.54) is 62.4 Å². The highest BCUT2D eigenvalue weighted by Gasteiger charge is 2.32. The molecule has 0 bridgehead atoms. The molecule has 1 aliphatic heterocycles. The summed E-state index contributed by atoms with van der Waals surface area (Å²) in [5.41, 5.74) is 0.682. The molecule has 2 atom stereocenters. The highest BCUT2D eigenvalue weighted by molar-refractivity contribution is 6.58. The monoisotopic (exact) mass is 514 g/mol. The lowest BCUT2D eigenvalue weighted by Gasteiger charge is -2.37. The van der Waals surface area contributed by atoms with Crippen molar-refractivity contribution < 1.29 is 22.3 Å². The van der Waals surface area contributed by atoms with E-state index in [4.69, 9.17) is 4.74 Å². The van der Waals surface area contributed by atoms with Crippen LogP contribution in [0, 0.1) is 23.5 Å². The summed E-state index contributed by atoms with van der Waals surface area (Å²) in [6, 6.07) is 7.27. The number of ether oxygens (including phenoxy) is 1. The molecule has 0 amide bonds. The number of benzene rings is 1. The van der Waals surface area contributed by atoms with Crippen LogP contribution in [0.5, 0.6) is 5.75 Å². The highest BCUT2D eigenvalue weighted by atomic mass is 28.3. The van der Waals surface area contributed by atoms with Crippen molar-refractivity contribution in [3.63, 3.8) is 0 Å². The maximum absolute atomic E-state index is 14.7. The first-order valence-corrected chi connectivity index (χ1v) is 16.8. The van der Waals surface area contributed by atoms with E-state index in [1.807, 2.05) is 6.92 Å². The molecule has 3 rings (SSSR count). The van der Waals surface area contributed by atoms with Crippen molar-refractivity contribution in [1.29, 1.82) is 0 Å². The Morgan fingerprint density at radius 3 is 2.09 bits per heavy atom. The number of alkyl halides is 2. The summed E-state index contributed by atoms with van der Waals surface area (Å²) in [7, 11) is -0.489. The van der Waals surface area contributed by atoms with E-state index >= 15 is 0 Å². The summed E-state index contributed by atoms with van der Waals surface area (Å²) in [5, 5.41) is 0. The van der Waals surface area contributed by atoms with Gasteiger partial charge in [0.15, 0.2) is 17.4 Å². The Hall–Kier alpha value is -1.04. The Morgan fingerprint density at radius 2 is 1.49 bits per heavy atom. The lowest BCUT2D eigenvalue weighted by molar-refractivity contribution is 0.141. The molecule has 0 aromatic heterocycles. The predicted octanol–water partition coefficient (Wildman–Crippen LogP) is 9.31. The van der Waals surface area contributed by atoms with Gasteiger partial charge in [0.1, 0.15) is 19.0 Å². The van der Waals surface area contributed by atoms with E-state index in [0.29, 0.717) is 12.0 Å². The lowest BCUT2D eigenvalue weighted by Crippen LogP contribution is -2.28. The molecular formula is C29H46F4OSi. The first-order chi connectivity index (χ1) is 16.9. The quantitative estimate of drug-likeness (QED) is 0.145. The number of halogens is 4. The van der Waals surface area contributed by atoms with E-state index in [1.54, 1.807) is 0 Å². The molecule has 2 aliphatic rings. The molecule has 1 nitrogen and oxygen atoms in total. The van der Waals surface area contributed by atoms with Gasteiger partial charge >= 0.3 is 0 Å². The van der Waals surface area contributed by atoms with Gasteiger partial charge in [-0.3, -0.25) is 0 Å². The van der Waals surface area contributed by atoms with E-state index < -0.39 is 45.1 Å². The summed E-state index contributed by atoms with van der Waals surface area (Å²) in [5.74, 6) is -0.333. The first-order valence-electron chi connectivity index (χ1n) is 14.3. The van der Waals surface area contributed by atoms with Crippen LogP contribution in [-0.4, -0.2) is 27.7 Å². The van der Waals surface area contributed by atoms with Gasteiger partial charge in [0.25, 0.3) is 0 Å². The third-order valence-electron chi connectivity index (χ3n) is 8.56. The van der Waals surface area contributed by atoms with Crippen LogP contribution in [0.25, 0.3) is 0 Å². The number of rotatable bonds is 13. The van der Waals surface area contributed by atoms with E-state index in [9.17, 15) is 17.6 Å². The number of unbranched alkanes of at least 4 members (excludes halogenated alkanes) is 2. The zero-order chi connectivity index (χ0) is 25.2. The maximum atomic E-state index is 14.7. The first kappa shape index (κ1) is 28.5. The third-order valence-corrected chi connectivity index (χ3v) is 12.1. The summed E-state index contributed by atoms with van der Waals surface area (Å²) in [4.78, 5) is 0. The van der Waals surface area contributed by atoms with Crippen molar-refractivity contribution in [2.45, 2.75) is 127 Å². The molecule has 35 heavy (non-hydrogen) atoms. The molecular weight excluding hydrogens is 468 g/mol. The van der Waals surface area contributed by atoms with E-state index in [0.717, 1.165) is 37.5 Å². The Kier molecular flexibility index (Phi) is 11.9. The topological polar surface area (TPSA) is 9.23 Å². The third kappa shape index (κ3) is 8.79. The lowest BCUT2D eigenvalue weighted by atomic mass is 9.72. The largest absolute Gasteiger partial charge is 0.485 e. The molecule has 1 heterocycles. The fourth-order valence-electron chi connectivity index (χ4n) is 6.46. The van der Waals surface area contributed by atoms with Gasteiger partial charge in [-0.15, -0.1) is 0 Å². The van der Waals surface area contributed by atoms with Crippen molar-refractivity contribution in [3.05, 3.63) is 29.3 Å². The minimum atomic E-state index is -1.58. The average molecular weight is 515 g/mol. The normalized spacial score (nSPS) is 26.9. The fraction of sp³-hybridized carbons (Fsp3) is 0.793. The van der Waals surface area contributed by atoms with Crippen LogP contribution >= 0.6 is 0 Å². The zero-order valence-electron chi connectivity index (χ0n) is 21.9. The minimum absolute atomic E-state index is 0.166. The Labute approximate surface area is 212 Å². The predicted molar refractivity (Wildman–Crippen MR) is 140 cm³/mol. The van der Waals surface area contributed by atoms with Crippen LogP contribution in [-0.2, 0) is 0 Å². The van der Waals surface area contributed by atoms with Gasteiger partial charge in [-0.25, -0.2) is 17.6 Å². The SMILES string of the molecule is CCCCC[SiH]1CCC(C2CCC(c3cc(F)c(OC[C@@H](F)C[C@@H](F)CCC)c(F)c3)CC2)CC1. The zero-order valence-corrected chi connectivity index (χ0v) is 23.0. The van der Waals surface area contributed by atoms with Crippen molar-refractivity contribution in [1.82, 2.24) is 0 Å². The molecule has 2 fully saturated rings. The average Bonchev–Trinajstić information content (AvgIpc) is 2.84. The van der Waals surface area contributed by atoms with Gasteiger partial charge in [-0.05, 0) is 67.6 Å². The fourth-order valence-corrected chi connectivity index (χ4v) is 9.99. The molecule has 0 radical (unpaired) electrons. The maximum Gasteiger partial charge on any atom is 0.190 e. The van der Waals surface area contributed by atoms with Crippen LogP contribution in [0.2, 0.25) is 18.1 Å². The van der Waals surface area contributed by atoms with Crippen LogP contribution in [0.1, 0.15) is 102 Å². The van der Waals surface area contributed by atoms with E-state index in [2.05, 4.69) is 6.92 Å². The summed E-state index contributed by atoms with van der Waals surface area (Å²) in [6.07, 6.45) is 8.95. The number of hydrogen-bond acceptors (Lipinski definition) is 1. The van der Waals surface area contributed by atoms with Crippen molar-refractivity contribution in [2.75, 3.05) is 6.61 Å². The molecule has 1 aliphatic carbocycles. The van der Waals surface area contributed by atoms with Crippen LogP contribution < -0.4 is 4.74 Å². The van der Waals surface area contributed by atoms with Gasteiger partial charge in [0, 0.05) is 15.2 Å². The molecule has 0 unspecified atom stereocenters. The summed E-state index contributed by atoms with van der Waals surface area (Å²) in [6.45, 7) is 3.57. The molecule has 1 saturated heterocycles. The van der Waals surface area contributed by atoms with Gasteiger partial charge < -0.3 is 4.74 Å². The molecule has 1 aromatic rings. The molecule has 200 valence electrons. The van der Waals surface area contributed by atoms with Crippen molar-refractivity contribution >= 4 is 8.80 Å². The van der Waals surface area contributed by atoms with Crippen molar-refractivity contribution in [2.24, 2.45) is 11.8 Å². The second-order valence-electron chi connectivity index (χ2n) is 11.2. The van der Waals surface area contributed by atoms with Crippen LogP contribution in [0.4, 0.5) is 17.6 Å². The second-order valence-corrected chi connectivity index (χ2v) is 14.7. The summed E-state index contributed by atoms with van der Waals surface area (Å²) < 4.78 is 62.0.